The third-order valence-electron chi connectivity index (χ3n) is 5.28. The van der Waals surface area contributed by atoms with Crippen LogP contribution in [0.25, 0.3) is 21.9 Å². The smallest absolute Gasteiger partial charge is 0.184 e. The molecule has 0 fully saturated rings. The van der Waals surface area contributed by atoms with Crippen molar-refractivity contribution in [2.24, 2.45) is 0 Å². The van der Waals surface area contributed by atoms with Crippen LogP contribution in [0.3, 0.4) is 0 Å². The quantitative estimate of drug-likeness (QED) is 0.401. The van der Waals surface area contributed by atoms with E-state index in [9.17, 15) is 0 Å². The maximum atomic E-state index is 5.71. The first kappa shape index (κ1) is 19.6. The summed E-state index contributed by atoms with van der Waals surface area (Å²) in [7, 11) is 4.02. The highest BCUT2D eigenvalue weighted by Gasteiger charge is 2.14. The van der Waals surface area contributed by atoms with Crippen LogP contribution in [-0.4, -0.2) is 29.4 Å². The number of aromatic nitrogens is 3. The standard InChI is InChI=1S/C26H21N5O/c1-17-11-13-23-25(32-30-26(23)27-19-8-6-9-21(16-19)31(2)3)22(17)14-12-20-15-18-7-4-5-10-24(18)29-28-20/h4-11,13,15-16H,1-3H3,(H,27,30). The summed E-state index contributed by atoms with van der Waals surface area (Å²) in [6, 6.07) is 21.9. The van der Waals surface area contributed by atoms with Gasteiger partial charge in [-0.1, -0.05) is 41.4 Å². The Morgan fingerprint density at radius 1 is 0.906 bits per heavy atom. The van der Waals surface area contributed by atoms with Gasteiger partial charge in [-0.15, -0.1) is 10.2 Å². The lowest BCUT2D eigenvalue weighted by atomic mass is 10.1. The summed E-state index contributed by atoms with van der Waals surface area (Å²) in [5.41, 5.74) is 5.94. The molecule has 0 bridgehead atoms. The van der Waals surface area contributed by atoms with E-state index in [1.165, 1.54) is 0 Å². The maximum absolute atomic E-state index is 5.71. The first-order valence-corrected chi connectivity index (χ1v) is 10.3. The second-order valence-corrected chi connectivity index (χ2v) is 7.77. The fraction of sp³-hybridized carbons (Fsp3) is 0.115. The van der Waals surface area contributed by atoms with Crippen molar-refractivity contribution in [2.45, 2.75) is 6.92 Å². The number of hydrogen-bond donors (Lipinski definition) is 1. The average Bonchev–Trinajstić information content (AvgIpc) is 3.21. The van der Waals surface area contributed by atoms with Crippen LogP contribution in [0.4, 0.5) is 17.2 Å². The number of nitrogens with one attached hydrogen (secondary N) is 1. The number of hydrogen-bond acceptors (Lipinski definition) is 6. The Labute approximate surface area is 185 Å². The summed E-state index contributed by atoms with van der Waals surface area (Å²) >= 11 is 0. The molecular weight excluding hydrogens is 398 g/mol. The van der Waals surface area contributed by atoms with Gasteiger partial charge in [0.2, 0.25) is 0 Å². The van der Waals surface area contributed by atoms with Gasteiger partial charge < -0.3 is 14.7 Å². The van der Waals surface area contributed by atoms with Crippen molar-refractivity contribution >= 4 is 39.1 Å². The molecule has 5 rings (SSSR count). The molecule has 0 aliphatic carbocycles. The van der Waals surface area contributed by atoms with Gasteiger partial charge in [-0.25, -0.2) is 0 Å². The van der Waals surface area contributed by atoms with E-state index in [1.54, 1.807) is 0 Å². The monoisotopic (exact) mass is 419 g/mol. The third kappa shape index (κ3) is 3.72. The summed E-state index contributed by atoms with van der Waals surface area (Å²) in [5.74, 6) is 7.00. The number of aryl methyl sites for hydroxylation is 1. The van der Waals surface area contributed by atoms with Gasteiger partial charge >= 0.3 is 0 Å². The molecule has 2 heterocycles. The molecule has 3 aromatic carbocycles. The number of benzene rings is 3. The van der Waals surface area contributed by atoms with Gasteiger partial charge in [0.25, 0.3) is 0 Å². The molecule has 0 aliphatic heterocycles. The molecule has 0 spiro atoms. The molecule has 32 heavy (non-hydrogen) atoms. The van der Waals surface area contributed by atoms with Crippen LogP contribution < -0.4 is 10.2 Å². The minimum atomic E-state index is 0.610. The van der Waals surface area contributed by atoms with Crippen LogP contribution >= 0.6 is 0 Å². The second-order valence-electron chi connectivity index (χ2n) is 7.77. The third-order valence-corrected chi connectivity index (χ3v) is 5.28. The predicted octanol–water partition coefficient (Wildman–Crippen LogP) is 5.29. The Morgan fingerprint density at radius 2 is 1.78 bits per heavy atom. The van der Waals surface area contributed by atoms with Crippen molar-refractivity contribution < 1.29 is 4.52 Å². The Hall–Kier alpha value is -4.37. The minimum absolute atomic E-state index is 0.610. The number of nitrogens with zero attached hydrogens (tertiary/aromatic N) is 4. The topological polar surface area (TPSA) is 67.1 Å². The first-order valence-electron chi connectivity index (χ1n) is 10.3. The van der Waals surface area contributed by atoms with Crippen molar-refractivity contribution in [3.8, 4) is 11.8 Å². The van der Waals surface area contributed by atoms with Crippen LogP contribution in [0.5, 0.6) is 0 Å². The van der Waals surface area contributed by atoms with Gasteiger partial charge in [0.05, 0.1) is 16.5 Å². The summed E-state index contributed by atoms with van der Waals surface area (Å²) in [5, 5.41) is 18.0. The highest BCUT2D eigenvalue weighted by atomic mass is 16.5. The molecule has 0 radical (unpaired) electrons. The van der Waals surface area contributed by atoms with Crippen LogP contribution in [0.2, 0.25) is 0 Å². The van der Waals surface area contributed by atoms with Crippen molar-refractivity contribution in [3.05, 3.63) is 83.6 Å². The average molecular weight is 419 g/mol. The number of anilines is 3. The van der Waals surface area contributed by atoms with Gasteiger partial charge in [-0.3, -0.25) is 0 Å². The van der Waals surface area contributed by atoms with E-state index >= 15 is 0 Å². The lowest BCUT2D eigenvalue weighted by Gasteiger charge is -2.13. The fourth-order valence-corrected chi connectivity index (χ4v) is 3.52. The van der Waals surface area contributed by atoms with E-state index in [0.29, 0.717) is 17.1 Å². The molecule has 0 saturated heterocycles. The zero-order valence-electron chi connectivity index (χ0n) is 18.0. The van der Waals surface area contributed by atoms with E-state index in [0.717, 1.165) is 38.8 Å². The first-order chi connectivity index (χ1) is 15.6. The molecule has 0 saturated carbocycles. The summed E-state index contributed by atoms with van der Waals surface area (Å²) in [4.78, 5) is 2.05. The van der Waals surface area contributed by atoms with Gasteiger partial charge in [-0.05, 0) is 54.8 Å². The van der Waals surface area contributed by atoms with E-state index in [4.69, 9.17) is 4.52 Å². The normalized spacial score (nSPS) is 10.7. The summed E-state index contributed by atoms with van der Waals surface area (Å²) < 4.78 is 5.71. The molecule has 5 aromatic rings. The van der Waals surface area contributed by atoms with Gasteiger partial charge in [0.15, 0.2) is 11.4 Å². The van der Waals surface area contributed by atoms with Crippen LogP contribution in [0.1, 0.15) is 16.8 Å². The molecule has 6 heteroatoms. The molecule has 1 N–H and O–H groups in total. The SMILES string of the molecule is Cc1ccc2c(Nc3cccc(N(C)C)c3)noc2c1C#Cc1cc2ccccc2nn1. The fourth-order valence-electron chi connectivity index (χ4n) is 3.52. The van der Waals surface area contributed by atoms with Crippen LogP contribution in [-0.2, 0) is 0 Å². The van der Waals surface area contributed by atoms with E-state index in [-0.39, 0.29) is 0 Å². The molecule has 0 amide bonds. The molecule has 0 aliphatic rings. The highest BCUT2D eigenvalue weighted by molar-refractivity contribution is 5.94. The second kappa shape index (κ2) is 8.05. The van der Waals surface area contributed by atoms with Crippen molar-refractivity contribution in [2.75, 3.05) is 24.3 Å². The van der Waals surface area contributed by atoms with Gasteiger partial charge in [-0.2, -0.15) is 0 Å². The molecule has 0 atom stereocenters. The van der Waals surface area contributed by atoms with Crippen molar-refractivity contribution in [1.82, 2.24) is 15.4 Å². The Balaban J connectivity index is 1.51. The molecule has 6 nitrogen and oxygen atoms in total. The maximum Gasteiger partial charge on any atom is 0.184 e. The summed E-state index contributed by atoms with van der Waals surface area (Å²) in [6.45, 7) is 2.01. The predicted molar refractivity (Wildman–Crippen MR) is 128 cm³/mol. The van der Waals surface area contributed by atoms with Gasteiger partial charge in [0.1, 0.15) is 5.69 Å². The lowest BCUT2D eigenvalue weighted by molar-refractivity contribution is 0.459. The van der Waals surface area contributed by atoms with E-state index < -0.39 is 0 Å². The minimum Gasteiger partial charge on any atom is -0.378 e. The zero-order chi connectivity index (χ0) is 22.1. The number of rotatable bonds is 3. The molecular formula is C26H21N5O. The lowest BCUT2D eigenvalue weighted by Crippen LogP contribution is -2.08. The Kier molecular flexibility index (Phi) is 4.92. The largest absolute Gasteiger partial charge is 0.378 e. The van der Waals surface area contributed by atoms with Crippen LogP contribution in [0.15, 0.2) is 71.3 Å². The Morgan fingerprint density at radius 3 is 2.66 bits per heavy atom. The molecule has 156 valence electrons. The van der Waals surface area contributed by atoms with Crippen molar-refractivity contribution in [3.63, 3.8) is 0 Å². The van der Waals surface area contributed by atoms with Gasteiger partial charge in [0, 0.05) is 30.9 Å². The highest BCUT2D eigenvalue weighted by Crippen LogP contribution is 2.30. The zero-order valence-corrected chi connectivity index (χ0v) is 18.0. The van der Waals surface area contributed by atoms with Crippen molar-refractivity contribution in [1.29, 1.82) is 0 Å². The Bertz CT molecular complexity index is 1510. The number of fused-ring (bicyclic) bond motifs is 2. The van der Waals surface area contributed by atoms with E-state index in [2.05, 4.69) is 49.5 Å². The van der Waals surface area contributed by atoms with E-state index in [1.807, 2.05) is 75.6 Å². The van der Waals surface area contributed by atoms with Crippen LogP contribution in [0, 0.1) is 18.8 Å². The molecule has 0 unspecified atom stereocenters. The summed E-state index contributed by atoms with van der Waals surface area (Å²) in [6.07, 6.45) is 0. The molecule has 2 aromatic heterocycles.